The number of hydrogen-bond acceptors (Lipinski definition) is 3. The Labute approximate surface area is 170 Å². The third-order valence-corrected chi connectivity index (χ3v) is 5.78. The maximum Gasteiger partial charge on any atom is 0.257 e. The molecule has 7 heteroatoms. The summed E-state index contributed by atoms with van der Waals surface area (Å²) in [5.74, 6) is 0.465. The Balaban J connectivity index is 1.69. The van der Waals surface area contributed by atoms with Gasteiger partial charge in [-0.2, -0.15) is 5.10 Å². The Hall–Kier alpha value is -2.34. The van der Waals surface area contributed by atoms with Crippen molar-refractivity contribution in [3.05, 3.63) is 51.8 Å². The highest BCUT2D eigenvalue weighted by Gasteiger charge is 2.27. The Bertz CT molecular complexity index is 869. The summed E-state index contributed by atoms with van der Waals surface area (Å²) in [6, 6.07) is 7.68. The van der Waals surface area contributed by atoms with Crippen LogP contribution in [-0.2, 0) is 11.3 Å². The molecule has 1 saturated heterocycles. The summed E-state index contributed by atoms with van der Waals surface area (Å²) in [6.07, 6.45) is 1.80. The number of likely N-dealkylation sites (tertiary alicyclic amines) is 1. The Kier molecular flexibility index (Phi) is 6.39. The standard InChI is InChI=1S/C21H27ClN4O2/c1-14-20(15(2)26(24-14)13-18-6-4-5-7-19(18)22)21(28)25-10-8-17(9-11-25)12-23-16(3)27/h4-7,17H,8-13H2,1-3H3,(H,23,27). The Morgan fingerprint density at radius 3 is 2.54 bits per heavy atom. The molecule has 0 aliphatic carbocycles. The van der Waals surface area contributed by atoms with Crippen molar-refractivity contribution in [1.29, 1.82) is 0 Å². The van der Waals surface area contributed by atoms with Crippen molar-refractivity contribution in [2.75, 3.05) is 19.6 Å². The highest BCUT2D eigenvalue weighted by Crippen LogP contribution is 2.23. The number of rotatable bonds is 5. The summed E-state index contributed by atoms with van der Waals surface area (Å²) in [5, 5.41) is 8.16. The number of nitrogens with zero attached hydrogens (tertiary/aromatic N) is 3. The number of benzene rings is 1. The second kappa shape index (κ2) is 8.78. The van der Waals surface area contributed by atoms with Gasteiger partial charge in [0.05, 0.1) is 17.8 Å². The van der Waals surface area contributed by atoms with E-state index in [-0.39, 0.29) is 11.8 Å². The average Bonchev–Trinajstić information content (AvgIpc) is 2.95. The molecule has 28 heavy (non-hydrogen) atoms. The van der Waals surface area contributed by atoms with Crippen LogP contribution in [0.4, 0.5) is 0 Å². The number of piperidine rings is 1. The first-order valence-electron chi connectivity index (χ1n) is 9.68. The fourth-order valence-electron chi connectivity index (χ4n) is 3.73. The van der Waals surface area contributed by atoms with Gasteiger partial charge in [0.15, 0.2) is 0 Å². The highest BCUT2D eigenvalue weighted by atomic mass is 35.5. The number of halogens is 1. The van der Waals surface area contributed by atoms with Gasteiger partial charge in [-0.25, -0.2) is 0 Å². The monoisotopic (exact) mass is 402 g/mol. The number of hydrogen-bond donors (Lipinski definition) is 1. The minimum Gasteiger partial charge on any atom is -0.356 e. The molecule has 2 amide bonds. The minimum absolute atomic E-state index is 0.00399. The molecule has 2 heterocycles. The molecule has 0 radical (unpaired) electrons. The van der Waals surface area contributed by atoms with Gasteiger partial charge in [-0.3, -0.25) is 14.3 Å². The number of nitrogens with one attached hydrogen (secondary N) is 1. The van der Waals surface area contributed by atoms with Gasteiger partial charge in [0.25, 0.3) is 5.91 Å². The topological polar surface area (TPSA) is 67.2 Å². The molecule has 3 rings (SSSR count). The zero-order valence-electron chi connectivity index (χ0n) is 16.7. The third-order valence-electron chi connectivity index (χ3n) is 5.41. The smallest absolute Gasteiger partial charge is 0.257 e. The molecule has 0 bridgehead atoms. The van der Waals surface area contributed by atoms with Gasteiger partial charge in [-0.1, -0.05) is 29.8 Å². The van der Waals surface area contributed by atoms with Crippen molar-refractivity contribution in [2.24, 2.45) is 5.92 Å². The molecule has 6 nitrogen and oxygen atoms in total. The van der Waals surface area contributed by atoms with Crippen molar-refractivity contribution in [3.63, 3.8) is 0 Å². The van der Waals surface area contributed by atoms with Gasteiger partial charge >= 0.3 is 0 Å². The molecule has 1 fully saturated rings. The lowest BCUT2D eigenvalue weighted by atomic mass is 9.96. The summed E-state index contributed by atoms with van der Waals surface area (Å²) < 4.78 is 1.85. The lowest BCUT2D eigenvalue weighted by molar-refractivity contribution is -0.119. The summed E-state index contributed by atoms with van der Waals surface area (Å²) in [5.41, 5.74) is 3.28. The van der Waals surface area contributed by atoms with Gasteiger partial charge in [-0.05, 0) is 44.2 Å². The van der Waals surface area contributed by atoms with Crippen LogP contribution in [0.1, 0.15) is 47.1 Å². The van der Waals surface area contributed by atoms with Crippen molar-refractivity contribution in [3.8, 4) is 0 Å². The number of aromatic nitrogens is 2. The summed E-state index contributed by atoms with van der Waals surface area (Å²) in [6.45, 7) is 7.99. The second-order valence-electron chi connectivity index (χ2n) is 7.47. The third kappa shape index (κ3) is 4.55. The van der Waals surface area contributed by atoms with E-state index in [0.29, 0.717) is 42.7 Å². The van der Waals surface area contributed by atoms with E-state index < -0.39 is 0 Å². The van der Waals surface area contributed by atoms with Crippen LogP contribution in [0.25, 0.3) is 0 Å². The van der Waals surface area contributed by atoms with Crippen molar-refractivity contribution >= 4 is 23.4 Å². The summed E-state index contributed by atoms with van der Waals surface area (Å²) >= 11 is 6.27. The van der Waals surface area contributed by atoms with Crippen molar-refractivity contribution < 1.29 is 9.59 Å². The van der Waals surface area contributed by atoms with Crippen LogP contribution in [0.15, 0.2) is 24.3 Å². The zero-order valence-corrected chi connectivity index (χ0v) is 17.4. The molecule has 1 aliphatic rings. The van der Waals surface area contributed by atoms with Crippen LogP contribution < -0.4 is 5.32 Å². The van der Waals surface area contributed by atoms with Crippen LogP contribution in [0.5, 0.6) is 0 Å². The summed E-state index contributed by atoms with van der Waals surface area (Å²) in [7, 11) is 0. The molecular weight excluding hydrogens is 376 g/mol. The minimum atomic E-state index is -0.00399. The van der Waals surface area contributed by atoms with Crippen LogP contribution in [0, 0.1) is 19.8 Å². The molecular formula is C21H27ClN4O2. The molecule has 1 aliphatic heterocycles. The van der Waals surface area contributed by atoms with Crippen LogP contribution >= 0.6 is 11.6 Å². The maximum atomic E-state index is 13.1. The zero-order chi connectivity index (χ0) is 20.3. The van der Waals surface area contributed by atoms with E-state index in [2.05, 4.69) is 10.4 Å². The molecule has 1 N–H and O–H groups in total. The molecule has 0 atom stereocenters. The Morgan fingerprint density at radius 2 is 1.89 bits per heavy atom. The number of carbonyl (C=O) groups is 2. The van der Waals surface area contributed by atoms with Gasteiger partial charge in [0.2, 0.25) is 5.91 Å². The SMILES string of the molecule is CC(=O)NCC1CCN(C(=O)c2c(C)nn(Cc3ccccc3Cl)c2C)CC1. The van der Waals surface area contributed by atoms with Gasteiger partial charge in [0.1, 0.15) is 0 Å². The van der Waals surface area contributed by atoms with Gasteiger partial charge in [0, 0.05) is 37.3 Å². The second-order valence-corrected chi connectivity index (χ2v) is 7.87. The first kappa shape index (κ1) is 20.4. The van der Waals surface area contributed by atoms with E-state index in [0.717, 1.165) is 29.8 Å². The fourth-order valence-corrected chi connectivity index (χ4v) is 3.93. The Morgan fingerprint density at radius 1 is 1.21 bits per heavy atom. The first-order chi connectivity index (χ1) is 13.4. The molecule has 1 aromatic carbocycles. The molecule has 2 aromatic rings. The average molecular weight is 403 g/mol. The molecule has 0 saturated carbocycles. The lowest BCUT2D eigenvalue weighted by Gasteiger charge is -2.32. The van der Waals surface area contributed by atoms with E-state index in [9.17, 15) is 9.59 Å². The van der Waals surface area contributed by atoms with Crippen LogP contribution in [-0.4, -0.2) is 46.1 Å². The normalized spacial score (nSPS) is 14.9. The van der Waals surface area contributed by atoms with E-state index in [1.54, 1.807) is 0 Å². The number of carbonyl (C=O) groups excluding carboxylic acids is 2. The highest BCUT2D eigenvalue weighted by molar-refractivity contribution is 6.31. The van der Waals surface area contributed by atoms with Crippen LogP contribution in [0.2, 0.25) is 5.02 Å². The van der Waals surface area contributed by atoms with Crippen LogP contribution in [0.3, 0.4) is 0 Å². The van der Waals surface area contributed by atoms with Crippen molar-refractivity contribution in [2.45, 2.75) is 40.2 Å². The maximum absolute atomic E-state index is 13.1. The number of amides is 2. The predicted molar refractivity (Wildman–Crippen MR) is 110 cm³/mol. The van der Waals surface area contributed by atoms with Gasteiger partial charge in [-0.15, -0.1) is 0 Å². The molecule has 1 aromatic heterocycles. The van der Waals surface area contributed by atoms with E-state index in [1.165, 1.54) is 6.92 Å². The predicted octanol–water partition coefficient (Wildman–Crippen LogP) is 3.19. The van der Waals surface area contributed by atoms with E-state index in [1.807, 2.05) is 47.7 Å². The van der Waals surface area contributed by atoms with Crippen molar-refractivity contribution in [1.82, 2.24) is 20.0 Å². The number of aryl methyl sites for hydroxylation is 1. The quantitative estimate of drug-likeness (QED) is 0.835. The van der Waals surface area contributed by atoms with E-state index in [4.69, 9.17) is 11.6 Å². The summed E-state index contributed by atoms with van der Waals surface area (Å²) in [4.78, 5) is 26.1. The fraction of sp³-hybridized carbons (Fsp3) is 0.476. The molecule has 0 spiro atoms. The van der Waals surface area contributed by atoms with E-state index >= 15 is 0 Å². The molecule has 150 valence electrons. The molecule has 0 unspecified atom stereocenters. The first-order valence-corrected chi connectivity index (χ1v) is 10.1. The lowest BCUT2D eigenvalue weighted by Crippen LogP contribution is -2.41. The largest absolute Gasteiger partial charge is 0.356 e. The van der Waals surface area contributed by atoms with Gasteiger partial charge < -0.3 is 10.2 Å².